The molecule has 0 spiro atoms. The van der Waals surface area contributed by atoms with E-state index in [1.807, 2.05) is 32.3 Å². The number of aryl methyl sites for hydroxylation is 2. The van der Waals surface area contributed by atoms with Crippen LogP contribution in [0, 0.1) is 13.8 Å². The van der Waals surface area contributed by atoms with Crippen molar-refractivity contribution in [2.24, 2.45) is 0 Å². The lowest BCUT2D eigenvalue weighted by atomic mass is 10.0. The molecule has 0 amide bonds. The highest BCUT2D eigenvalue weighted by molar-refractivity contribution is 5.30. The number of anilines is 1. The van der Waals surface area contributed by atoms with Gasteiger partial charge in [0.2, 0.25) is 5.95 Å². The van der Waals surface area contributed by atoms with Crippen LogP contribution in [0.15, 0.2) is 23.0 Å². The van der Waals surface area contributed by atoms with Gasteiger partial charge < -0.3 is 9.42 Å². The maximum Gasteiger partial charge on any atom is 0.225 e. The third-order valence-electron chi connectivity index (χ3n) is 4.17. The van der Waals surface area contributed by atoms with Gasteiger partial charge in [0.25, 0.3) is 0 Å². The molecule has 0 aliphatic carbocycles. The molecule has 0 saturated carbocycles. The van der Waals surface area contributed by atoms with Gasteiger partial charge in [0.1, 0.15) is 5.76 Å². The molecule has 6 heteroatoms. The van der Waals surface area contributed by atoms with Crippen LogP contribution in [0.5, 0.6) is 0 Å². The normalized spacial score (nSPS) is 19.3. The summed E-state index contributed by atoms with van der Waals surface area (Å²) in [6.07, 6.45) is 6.09. The van der Waals surface area contributed by atoms with Crippen molar-refractivity contribution in [1.29, 1.82) is 0 Å². The van der Waals surface area contributed by atoms with Gasteiger partial charge in [-0.3, -0.25) is 4.90 Å². The summed E-state index contributed by atoms with van der Waals surface area (Å²) >= 11 is 0. The number of rotatable bonds is 4. The number of piperidine rings is 1. The Bertz CT molecular complexity index is 609. The standard InChI is InChI=1S/C16H23N5O/c1-12-8-17-16(18-9-12)20(3)15-5-4-6-21(11-15)10-14-7-13(2)22-19-14/h7-9,15H,4-6,10-11H2,1-3H3. The second-order valence-corrected chi connectivity index (χ2v) is 6.13. The number of aromatic nitrogens is 3. The fourth-order valence-electron chi connectivity index (χ4n) is 2.94. The van der Waals surface area contributed by atoms with Gasteiger partial charge in [0.15, 0.2) is 0 Å². The van der Waals surface area contributed by atoms with Crippen molar-refractivity contribution in [2.45, 2.75) is 39.3 Å². The van der Waals surface area contributed by atoms with Gasteiger partial charge in [-0.1, -0.05) is 5.16 Å². The molecule has 3 rings (SSSR count). The topological polar surface area (TPSA) is 58.3 Å². The van der Waals surface area contributed by atoms with Crippen molar-refractivity contribution in [3.05, 3.63) is 35.5 Å². The molecule has 1 aliphatic heterocycles. The Morgan fingerprint density at radius 2 is 2.09 bits per heavy atom. The van der Waals surface area contributed by atoms with E-state index in [1.54, 1.807) is 0 Å². The summed E-state index contributed by atoms with van der Waals surface area (Å²) in [6.45, 7) is 6.88. The quantitative estimate of drug-likeness (QED) is 0.862. The van der Waals surface area contributed by atoms with Crippen LogP contribution in [0.4, 0.5) is 5.95 Å². The number of hydrogen-bond donors (Lipinski definition) is 0. The van der Waals surface area contributed by atoms with E-state index in [0.717, 1.165) is 42.6 Å². The molecule has 0 aromatic carbocycles. The number of likely N-dealkylation sites (tertiary alicyclic amines) is 1. The van der Waals surface area contributed by atoms with Gasteiger partial charge in [-0.05, 0) is 38.8 Å². The summed E-state index contributed by atoms with van der Waals surface area (Å²) in [5.41, 5.74) is 2.09. The van der Waals surface area contributed by atoms with E-state index >= 15 is 0 Å². The highest BCUT2D eigenvalue weighted by atomic mass is 16.5. The first kappa shape index (κ1) is 15.0. The van der Waals surface area contributed by atoms with E-state index in [0.29, 0.717) is 6.04 Å². The summed E-state index contributed by atoms with van der Waals surface area (Å²) in [6, 6.07) is 2.45. The van der Waals surface area contributed by atoms with Crippen LogP contribution < -0.4 is 4.90 Å². The van der Waals surface area contributed by atoms with Gasteiger partial charge in [-0.25, -0.2) is 9.97 Å². The Hall–Kier alpha value is -1.95. The summed E-state index contributed by atoms with van der Waals surface area (Å²) in [5, 5.41) is 4.09. The van der Waals surface area contributed by atoms with Gasteiger partial charge in [-0.15, -0.1) is 0 Å². The Morgan fingerprint density at radius 1 is 1.32 bits per heavy atom. The Kier molecular flexibility index (Phi) is 4.38. The van der Waals surface area contributed by atoms with Crippen LogP contribution in [0.2, 0.25) is 0 Å². The zero-order valence-corrected chi connectivity index (χ0v) is 13.5. The van der Waals surface area contributed by atoms with Crippen molar-refractivity contribution in [2.75, 3.05) is 25.0 Å². The molecule has 0 radical (unpaired) electrons. The van der Waals surface area contributed by atoms with Crippen LogP contribution in [0.3, 0.4) is 0 Å². The predicted octanol–water partition coefficient (Wildman–Crippen LogP) is 2.18. The van der Waals surface area contributed by atoms with Crippen LogP contribution >= 0.6 is 0 Å². The van der Waals surface area contributed by atoms with Crippen molar-refractivity contribution in [3.8, 4) is 0 Å². The third kappa shape index (κ3) is 3.44. The van der Waals surface area contributed by atoms with Gasteiger partial charge in [0.05, 0.1) is 5.69 Å². The molecule has 2 aromatic heterocycles. The van der Waals surface area contributed by atoms with E-state index in [9.17, 15) is 0 Å². The van der Waals surface area contributed by atoms with Crippen LogP contribution in [0.1, 0.15) is 29.9 Å². The average Bonchev–Trinajstić information content (AvgIpc) is 2.93. The summed E-state index contributed by atoms with van der Waals surface area (Å²) in [4.78, 5) is 13.5. The molecule has 22 heavy (non-hydrogen) atoms. The third-order valence-corrected chi connectivity index (χ3v) is 4.17. The van der Waals surface area contributed by atoms with Crippen LogP contribution in [0.25, 0.3) is 0 Å². The maximum absolute atomic E-state index is 5.15. The first-order valence-corrected chi connectivity index (χ1v) is 7.78. The lowest BCUT2D eigenvalue weighted by Gasteiger charge is -2.37. The summed E-state index contributed by atoms with van der Waals surface area (Å²) in [5.74, 6) is 1.67. The molecule has 0 N–H and O–H groups in total. The van der Waals surface area contributed by atoms with Gasteiger partial charge in [0, 0.05) is 44.6 Å². The summed E-state index contributed by atoms with van der Waals surface area (Å²) < 4.78 is 5.15. The first-order valence-electron chi connectivity index (χ1n) is 7.78. The second kappa shape index (κ2) is 6.44. The average molecular weight is 301 g/mol. The van der Waals surface area contributed by atoms with E-state index in [4.69, 9.17) is 4.52 Å². The Morgan fingerprint density at radius 3 is 2.77 bits per heavy atom. The minimum atomic E-state index is 0.435. The zero-order chi connectivity index (χ0) is 15.5. The highest BCUT2D eigenvalue weighted by Gasteiger charge is 2.25. The smallest absolute Gasteiger partial charge is 0.225 e. The molecule has 1 aliphatic rings. The van der Waals surface area contributed by atoms with E-state index in [-0.39, 0.29) is 0 Å². The van der Waals surface area contributed by atoms with E-state index in [1.165, 1.54) is 12.8 Å². The van der Waals surface area contributed by atoms with Gasteiger partial charge in [-0.2, -0.15) is 0 Å². The number of hydrogen-bond acceptors (Lipinski definition) is 6. The molecule has 118 valence electrons. The zero-order valence-electron chi connectivity index (χ0n) is 13.5. The maximum atomic E-state index is 5.15. The Labute approximate surface area is 131 Å². The largest absolute Gasteiger partial charge is 0.361 e. The fourth-order valence-corrected chi connectivity index (χ4v) is 2.94. The lowest BCUT2D eigenvalue weighted by Crippen LogP contribution is -2.46. The van der Waals surface area contributed by atoms with Crippen molar-refractivity contribution in [3.63, 3.8) is 0 Å². The summed E-state index contributed by atoms with van der Waals surface area (Å²) in [7, 11) is 2.08. The minimum absolute atomic E-state index is 0.435. The molecular formula is C16H23N5O. The predicted molar refractivity (Wildman–Crippen MR) is 84.7 cm³/mol. The molecule has 0 bridgehead atoms. The SMILES string of the molecule is Cc1cnc(N(C)C2CCCN(Cc3cc(C)on3)C2)nc1. The molecule has 1 fully saturated rings. The molecule has 3 heterocycles. The fraction of sp³-hybridized carbons (Fsp3) is 0.562. The minimum Gasteiger partial charge on any atom is -0.361 e. The molecule has 1 saturated heterocycles. The Balaban J connectivity index is 1.63. The van der Waals surface area contributed by atoms with Crippen LogP contribution in [-0.4, -0.2) is 46.2 Å². The number of likely N-dealkylation sites (N-methyl/N-ethyl adjacent to an activating group) is 1. The van der Waals surface area contributed by atoms with Crippen LogP contribution in [-0.2, 0) is 6.54 Å². The monoisotopic (exact) mass is 301 g/mol. The molecule has 1 atom stereocenters. The molecular weight excluding hydrogens is 278 g/mol. The molecule has 2 aromatic rings. The highest BCUT2D eigenvalue weighted by Crippen LogP contribution is 2.20. The first-order chi connectivity index (χ1) is 10.6. The van der Waals surface area contributed by atoms with Crippen molar-refractivity contribution in [1.82, 2.24) is 20.0 Å². The van der Waals surface area contributed by atoms with Crippen molar-refractivity contribution >= 4 is 5.95 Å². The lowest BCUT2D eigenvalue weighted by molar-refractivity contribution is 0.193. The van der Waals surface area contributed by atoms with E-state index in [2.05, 4.69) is 32.0 Å². The molecule has 6 nitrogen and oxygen atoms in total. The van der Waals surface area contributed by atoms with Gasteiger partial charge >= 0.3 is 0 Å². The van der Waals surface area contributed by atoms with Crippen molar-refractivity contribution < 1.29 is 4.52 Å². The van der Waals surface area contributed by atoms with E-state index < -0.39 is 0 Å². The number of nitrogens with zero attached hydrogens (tertiary/aromatic N) is 5. The second-order valence-electron chi connectivity index (χ2n) is 6.13. The molecule has 1 unspecified atom stereocenters.